The van der Waals surface area contributed by atoms with E-state index in [1.807, 2.05) is 48.2 Å². The fraction of sp³-hybridized carbons (Fsp3) is 0.419. The third kappa shape index (κ3) is 5.21. The van der Waals surface area contributed by atoms with Gasteiger partial charge in [-0.05, 0) is 57.3 Å². The van der Waals surface area contributed by atoms with Gasteiger partial charge in [0.1, 0.15) is 17.9 Å². The van der Waals surface area contributed by atoms with Crippen LogP contribution in [0.3, 0.4) is 0 Å². The standard InChI is InChI=1S/C31H34N8O4/c1-19-7-4-8-21-9-5-11-24(25(19)21)39-20(2)33-26-27(29(39)40)34-30(43-18-23-10-6-14-36(23)3)35-28(26)37-15-16-38(31(41)42)22(17-37)12-13-32/h4-5,7-9,11,22-23H,6,10,12,14-18H2,1-3H3,(H,41,42)/t22-,23-/m0/s1. The molecule has 2 aliphatic rings. The van der Waals surface area contributed by atoms with E-state index < -0.39 is 12.1 Å². The first-order valence-corrected chi connectivity index (χ1v) is 14.5. The SMILES string of the molecule is Cc1cccc2cccc(-n3c(C)nc4c(N5CCN(C(=O)O)[C@@H](CC#N)C5)nc(OC[C@@H]5CCCN5C)nc4c3=O)c12. The molecule has 0 radical (unpaired) electrons. The van der Waals surface area contributed by atoms with Crippen LogP contribution in [0.4, 0.5) is 10.6 Å². The van der Waals surface area contributed by atoms with E-state index in [0.717, 1.165) is 35.7 Å². The Kier molecular flexibility index (Phi) is 7.58. The molecule has 2 aromatic carbocycles. The summed E-state index contributed by atoms with van der Waals surface area (Å²) in [6.07, 6.45) is 1.04. The Bertz CT molecular complexity index is 1810. The molecule has 0 saturated carbocycles. The number of hydrogen-bond acceptors (Lipinski definition) is 9. The zero-order valence-electron chi connectivity index (χ0n) is 24.5. The summed E-state index contributed by atoms with van der Waals surface area (Å²) in [5.74, 6) is 0.867. The number of carbonyl (C=O) groups is 1. The van der Waals surface area contributed by atoms with E-state index in [1.54, 1.807) is 11.5 Å². The number of carboxylic acid groups (broad SMARTS) is 1. The number of ether oxygens (including phenoxy) is 1. The van der Waals surface area contributed by atoms with E-state index in [9.17, 15) is 20.0 Å². The van der Waals surface area contributed by atoms with Crippen molar-refractivity contribution in [1.29, 1.82) is 5.26 Å². The number of aromatic nitrogens is 4. The molecule has 2 fully saturated rings. The molecule has 0 spiro atoms. The average molecular weight is 583 g/mol. The molecule has 2 aromatic heterocycles. The Morgan fingerprint density at radius 1 is 1.07 bits per heavy atom. The summed E-state index contributed by atoms with van der Waals surface area (Å²) in [5, 5.41) is 21.1. The summed E-state index contributed by atoms with van der Waals surface area (Å²) in [6, 6.07) is 13.7. The number of hydrogen-bond donors (Lipinski definition) is 1. The highest BCUT2D eigenvalue weighted by Crippen LogP contribution is 2.30. The Hall–Kier alpha value is -4.76. The summed E-state index contributed by atoms with van der Waals surface area (Å²) in [5.41, 5.74) is 1.84. The van der Waals surface area contributed by atoms with Crippen molar-refractivity contribution in [2.75, 3.05) is 44.7 Å². The van der Waals surface area contributed by atoms with E-state index in [-0.39, 0.29) is 42.6 Å². The second-order valence-electron chi connectivity index (χ2n) is 11.3. The van der Waals surface area contributed by atoms with Crippen LogP contribution in [0.2, 0.25) is 0 Å². The summed E-state index contributed by atoms with van der Waals surface area (Å²) in [7, 11) is 2.06. The largest absolute Gasteiger partial charge is 0.465 e. The van der Waals surface area contributed by atoms with Gasteiger partial charge in [-0.2, -0.15) is 15.2 Å². The number of likely N-dealkylation sites (tertiary alicyclic amines) is 1. The van der Waals surface area contributed by atoms with Crippen LogP contribution in [0.15, 0.2) is 41.2 Å². The molecule has 12 nitrogen and oxygen atoms in total. The number of anilines is 1. The maximum atomic E-state index is 14.3. The van der Waals surface area contributed by atoms with Crippen LogP contribution in [0.5, 0.6) is 6.01 Å². The molecule has 43 heavy (non-hydrogen) atoms. The minimum absolute atomic E-state index is 0.0306. The fourth-order valence-electron chi connectivity index (χ4n) is 6.34. The smallest absolute Gasteiger partial charge is 0.407 e. The number of aryl methyl sites for hydroxylation is 2. The van der Waals surface area contributed by atoms with Crippen molar-refractivity contribution in [3.05, 3.63) is 58.1 Å². The molecule has 4 heterocycles. The first-order chi connectivity index (χ1) is 20.8. The number of rotatable bonds is 6. The lowest BCUT2D eigenvalue weighted by Crippen LogP contribution is -2.55. The minimum Gasteiger partial charge on any atom is -0.465 e. The number of piperazine rings is 1. The van der Waals surface area contributed by atoms with Crippen molar-refractivity contribution in [3.63, 3.8) is 0 Å². The molecule has 0 unspecified atom stereocenters. The van der Waals surface area contributed by atoms with Crippen molar-refractivity contribution < 1.29 is 14.6 Å². The van der Waals surface area contributed by atoms with Crippen LogP contribution < -0.4 is 15.2 Å². The zero-order valence-corrected chi connectivity index (χ0v) is 24.5. The van der Waals surface area contributed by atoms with E-state index in [4.69, 9.17) is 14.7 Å². The van der Waals surface area contributed by atoms with Crippen molar-refractivity contribution in [2.45, 2.75) is 45.2 Å². The van der Waals surface area contributed by atoms with Gasteiger partial charge in [0, 0.05) is 31.1 Å². The number of benzene rings is 2. The third-order valence-corrected chi connectivity index (χ3v) is 8.61. The summed E-state index contributed by atoms with van der Waals surface area (Å²) < 4.78 is 7.72. The summed E-state index contributed by atoms with van der Waals surface area (Å²) >= 11 is 0. The van der Waals surface area contributed by atoms with Crippen molar-refractivity contribution in [3.8, 4) is 17.8 Å². The molecule has 6 rings (SSSR count). The second kappa shape index (κ2) is 11.5. The van der Waals surface area contributed by atoms with Crippen LogP contribution in [0.1, 0.15) is 30.7 Å². The molecule has 4 aromatic rings. The number of fused-ring (bicyclic) bond motifs is 2. The normalized spacial score (nSPS) is 19.2. The molecule has 2 saturated heterocycles. The maximum Gasteiger partial charge on any atom is 0.407 e. The molecule has 2 aliphatic heterocycles. The number of likely N-dealkylation sites (N-methyl/N-ethyl adjacent to an activating group) is 1. The number of amides is 1. The van der Waals surface area contributed by atoms with Crippen molar-refractivity contribution >= 4 is 33.7 Å². The topological polar surface area (TPSA) is 141 Å². The van der Waals surface area contributed by atoms with E-state index >= 15 is 0 Å². The van der Waals surface area contributed by atoms with Crippen LogP contribution in [-0.4, -0.2) is 92.4 Å². The van der Waals surface area contributed by atoms with Gasteiger partial charge in [0.15, 0.2) is 11.3 Å². The number of nitrogens with zero attached hydrogens (tertiary/aromatic N) is 8. The predicted octanol–water partition coefficient (Wildman–Crippen LogP) is 3.50. The van der Waals surface area contributed by atoms with Crippen LogP contribution in [-0.2, 0) is 0 Å². The van der Waals surface area contributed by atoms with Crippen LogP contribution in [0.25, 0.3) is 27.5 Å². The molecule has 222 valence electrons. The van der Waals surface area contributed by atoms with E-state index in [0.29, 0.717) is 36.0 Å². The van der Waals surface area contributed by atoms with Crippen molar-refractivity contribution in [1.82, 2.24) is 29.3 Å². The molecule has 0 aliphatic carbocycles. The lowest BCUT2D eigenvalue weighted by Gasteiger charge is -2.39. The molecule has 1 N–H and O–H groups in total. The van der Waals surface area contributed by atoms with Gasteiger partial charge in [-0.3, -0.25) is 9.36 Å². The molecular weight excluding hydrogens is 548 g/mol. The van der Waals surface area contributed by atoms with Crippen LogP contribution in [0, 0.1) is 25.2 Å². The molecule has 12 heteroatoms. The maximum absolute atomic E-state index is 14.3. The first-order valence-electron chi connectivity index (χ1n) is 14.5. The Labute approximate surface area is 248 Å². The highest BCUT2D eigenvalue weighted by Gasteiger charge is 2.33. The highest BCUT2D eigenvalue weighted by atomic mass is 16.5. The Morgan fingerprint density at radius 3 is 2.58 bits per heavy atom. The summed E-state index contributed by atoms with van der Waals surface area (Å²) in [4.78, 5) is 45.8. The first kappa shape index (κ1) is 28.4. The van der Waals surface area contributed by atoms with Gasteiger partial charge >= 0.3 is 12.1 Å². The van der Waals surface area contributed by atoms with Crippen LogP contribution >= 0.6 is 0 Å². The second-order valence-corrected chi connectivity index (χ2v) is 11.3. The zero-order chi connectivity index (χ0) is 30.2. The predicted molar refractivity (Wildman–Crippen MR) is 162 cm³/mol. The van der Waals surface area contributed by atoms with Gasteiger partial charge in [0.05, 0.1) is 24.2 Å². The molecular formula is C31H34N8O4. The lowest BCUT2D eigenvalue weighted by atomic mass is 10.0. The Morgan fingerprint density at radius 2 is 1.86 bits per heavy atom. The molecule has 1 amide bonds. The Balaban J connectivity index is 1.51. The number of nitriles is 1. The molecule has 0 bridgehead atoms. The highest BCUT2D eigenvalue weighted by molar-refractivity contribution is 5.94. The quantitative estimate of drug-likeness (QED) is 0.359. The van der Waals surface area contributed by atoms with Crippen molar-refractivity contribution in [2.24, 2.45) is 0 Å². The van der Waals surface area contributed by atoms with E-state index in [2.05, 4.69) is 23.0 Å². The minimum atomic E-state index is -1.07. The summed E-state index contributed by atoms with van der Waals surface area (Å²) in [6.45, 7) is 5.89. The van der Waals surface area contributed by atoms with E-state index in [1.165, 1.54) is 4.90 Å². The average Bonchev–Trinajstić information content (AvgIpc) is 3.40. The van der Waals surface area contributed by atoms with Gasteiger partial charge in [0.25, 0.3) is 5.56 Å². The fourth-order valence-corrected chi connectivity index (χ4v) is 6.34. The van der Waals surface area contributed by atoms with Gasteiger partial charge in [-0.1, -0.05) is 30.3 Å². The van der Waals surface area contributed by atoms with Gasteiger partial charge in [0.2, 0.25) is 0 Å². The monoisotopic (exact) mass is 582 g/mol. The third-order valence-electron chi connectivity index (χ3n) is 8.61. The van der Waals surface area contributed by atoms with Gasteiger partial charge in [-0.15, -0.1) is 0 Å². The van der Waals surface area contributed by atoms with Gasteiger partial charge in [-0.25, -0.2) is 9.78 Å². The van der Waals surface area contributed by atoms with Gasteiger partial charge < -0.3 is 24.5 Å². The lowest BCUT2D eigenvalue weighted by molar-refractivity contribution is 0.119. The molecule has 2 atom stereocenters.